The summed E-state index contributed by atoms with van der Waals surface area (Å²) in [6.45, 7) is 5.67. The number of nitrogens with zero attached hydrogens (tertiary/aromatic N) is 3. The van der Waals surface area contributed by atoms with Crippen LogP contribution in [-0.2, 0) is 0 Å². The molecular weight excluding hydrogens is 318 g/mol. The van der Waals surface area contributed by atoms with Gasteiger partial charge in [-0.05, 0) is 30.4 Å². The second-order valence-corrected chi connectivity index (χ2v) is 6.80. The zero-order valence-electron chi connectivity index (χ0n) is 14.8. The van der Waals surface area contributed by atoms with Crippen LogP contribution >= 0.6 is 0 Å². The highest BCUT2D eigenvalue weighted by Gasteiger charge is 2.29. The van der Waals surface area contributed by atoms with E-state index in [9.17, 15) is 9.59 Å². The molecular formula is C19H23N3O3. The lowest BCUT2D eigenvalue weighted by molar-refractivity contribution is 0.0611. The van der Waals surface area contributed by atoms with Crippen LogP contribution in [0.1, 0.15) is 30.8 Å². The lowest BCUT2D eigenvalue weighted by Gasteiger charge is -2.34. The van der Waals surface area contributed by atoms with Crippen molar-refractivity contribution in [3.05, 3.63) is 52.4 Å². The van der Waals surface area contributed by atoms with Crippen molar-refractivity contribution >= 4 is 5.91 Å². The van der Waals surface area contributed by atoms with E-state index >= 15 is 0 Å². The Balaban J connectivity index is 2.02. The molecule has 1 saturated heterocycles. The predicted octanol–water partition coefficient (Wildman–Crippen LogP) is 2.36. The molecule has 132 valence electrons. The number of aromatic nitrogens is 2. The third kappa shape index (κ3) is 3.57. The second-order valence-electron chi connectivity index (χ2n) is 6.80. The van der Waals surface area contributed by atoms with E-state index in [-0.39, 0.29) is 22.9 Å². The Morgan fingerprint density at radius 3 is 2.40 bits per heavy atom. The number of carbonyl (C=O) groups excluding carboxylic acids is 1. The van der Waals surface area contributed by atoms with E-state index in [0.29, 0.717) is 30.6 Å². The summed E-state index contributed by atoms with van der Waals surface area (Å²) in [5, 5.41) is 4.33. The van der Waals surface area contributed by atoms with E-state index in [0.717, 1.165) is 6.42 Å². The predicted molar refractivity (Wildman–Crippen MR) is 95.2 cm³/mol. The second kappa shape index (κ2) is 7.09. The normalized spacial score (nSPS) is 20.4. The number of hydrogen-bond donors (Lipinski definition) is 0. The SMILES string of the molecule is COc1cc(=O)n(-c2ccccc2)nc1C(=O)N1C[C@H](C)C[C@@H](C)C1. The van der Waals surface area contributed by atoms with Crippen molar-refractivity contribution in [3.8, 4) is 11.4 Å². The van der Waals surface area contributed by atoms with Crippen LogP contribution in [0.15, 0.2) is 41.2 Å². The molecule has 0 unspecified atom stereocenters. The molecule has 6 heteroatoms. The summed E-state index contributed by atoms with van der Waals surface area (Å²) < 4.78 is 6.50. The standard InChI is InChI=1S/C19H23N3O3/c1-13-9-14(2)12-21(11-13)19(24)18-16(25-3)10-17(23)22(20-18)15-7-5-4-6-8-15/h4-8,10,13-14H,9,11-12H2,1-3H3/t13-,14-/m1/s1. The molecule has 0 N–H and O–H groups in total. The van der Waals surface area contributed by atoms with Crippen molar-refractivity contribution in [2.45, 2.75) is 20.3 Å². The molecule has 0 aliphatic carbocycles. The largest absolute Gasteiger partial charge is 0.494 e. The third-order valence-corrected chi connectivity index (χ3v) is 4.48. The van der Waals surface area contributed by atoms with Crippen molar-refractivity contribution < 1.29 is 9.53 Å². The van der Waals surface area contributed by atoms with E-state index in [1.165, 1.54) is 17.9 Å². The van der Waals surface area contributed by atoms with Crippen LogP contribution in [0.5, 0.6) is 5.75 Å². The Bertz CT molecular complexity index is 806. The zero-order chi connectivity index (χ0) is 18.0. The van der Waals surface area contributed by atoms with Gasteiger partial charge in [-0.15, -0.1) is 0 Å². The Labute approximate surface area is 147 Å². The molecule has 1 amide bonds. The van der Waals surface area contributed by atoms with Crippen LogP contribution < -0.4 is 10.3 Å². The van der Waals surface area contributed by atoms with E-state index in [1.807, 2.05) is 23.1 Å². The van der Waals surface area contributed by atoms with Gasteiger partial charge in [0.25, 0.3) is 11.5 Å². The van der Waals surface area contributed by atoms with E-state index < -0.39 is 0 Å². The number of hydrogen-bond acceptors (Lipinski definition) is 4. The summed E-state index contributed by atoms with van der Waals surface area (Å²) in [7, 11) is 1.45. The molecule has 3 rings (SSSR count). The number of amides is 1. The van der Waals surface area contributed by atoms with Crippen molar-refractivity contribution in [2.75, 3.05) is 20.2 Å². The first-order chi connectivity index (χ1) is 12.0. The Morgan fingerprint density at radius 1 is 1.16 bits per heavy atom. The van der Waals surface area contributed by atoms with Crippen LogP contribution in [0.2, 0.25) is 0 Å². The van der Waals surface area contributed by atoms with Gasteiger partial charge in [0.2, 0.25) is 0 Å². The van der Waals surface area contributed by atoms with Gasteiger partial charge in [0.15, 0.2) is 11.4 Å². The number of likely N-dealkylation sites (tertiary alicyclic amines) is 1. The van der Waals surface area contributed by atoms with Crippen molar-refractivity contribution in [3.63, 3.8) is 0 Å². The summed E-state index contributed by atoms with van der Waals surface area (Å²) in [5.74, 6) is 0.908. The first kappa shape index (κ1) is 17.2. The Hall–Kier alpha value is -2.63. The van der Waals surface area contributed by atoms with E-state index in [2.05, 4.69) is 18.9 Å². The van der Waals surface area contributed by atoms with Gasteiger partial charge in [0.05, 0.1) is 18.9 Å². The number of piperidine rings is 1. The zero-order valence-corrected chi connectivity index (χ0v) is 14.8. The van der Waals surface area contributed by atoms with Crippen LogP contribution in [0.25, 0.3) is 5.69 Å². The number of ether oxygens (including phenoxy) is 1. The lowest BCUT2D eigenvalue weighted by atomic mass is 9.92. The fourth-order valence-corrected chi connectivity index (χ4v) is 3.48. The molecule has 2 aromatic rings. The molecule has 0 radical (unpaired) electrons. The van der Waals surface area contributed by atoms with Gasteiger partial charge >= 0.3 is 0 Å². The van der Waals surface area contributed by atoms with Crippen LogP contribution in [-0.4, -0.2) is 40.8 Å². The minimum Gasteiger partial charge on any atom is -0.494 e. The summed E-state index contributed by atoms with van der Waals surface area (Å²) in [5.41, 5.74) is 0.455. The van der Waals surface area contributed by atoms with Gasteiger partial charge in [-0.3, -0.25) is 9.59 Å². The molecule has 25 heavy (non-hydrogen) atoms. The highest BCUT2D eigenvalue weighted by Crippen LogP contribution is 2.24. The quantitative estimate of drug-likeness (QED) is 0.860. The number of carbonyl (C=O) groups is 1. The molecule has 2 heterocycles. The summed E-state index contributed by atoms with van der Waals surface area (Å²) in [6, 6.07) is 10.4. The Morgan fingerprint density at radius 2 is 1.80 bits per heavy atom. The monoisotopic (exact) mass is 341 g/mol. The topological polar surface area (TPSA) is 64.4 Å². The Kier molecular flexibility index (Phi) is 4.88. The maximum absolute atomic E-state index is 13.0. The van der Waals surface area contributed by atoms with Gasteiger partial charge < -0.3 is 9.64 Å². The van der Waals surface area contributed by atoms with Gasteiger partial charge in [0.1, 0.15) is 0 Å². The molecule has 1 aromatic heterocycles. The van der Waals surface area contributed by atoms with Gasteiger partial charge in [-0.2, -0.15) is 9.78 Å². The van der Waals surface area contributed by atoms with E-state index in [1.54, 1.807) is 12.1 Å². The fraction of sp³-hybridized carbons (Fsp3) is 0.421. The first-order valence-electron chi connectivity index (χ1n) is 8.52. The third-order valence-electron chi connectivity index (χ3n) is 4.48. The summed E-state index contributed by atoms with van der Waals surface area (Å²) in [4.78, 5) is 27.2. The number of methoxy groups -OCH3 is 1. The van der Waals surface area contributed by atoms with Crippen LogP contribution in [0, 0.1) is 11.8 Å². The van der Waals surface area contributed by atoms with Gasteiger partial charge in [-0.25, -0.2) is 0 Å². The first-order valence-corrected chi connectivity index (χ1v) is 8.52. The molecule has 6 nitrogen and oxygen atoms in total. The minimum absolute atomic E-state index is 0.173. The molecule has 2 atom stereocenters. The lowest BCUT2D eigenvalue weighted by Crippen LogP contribution is -2.43. The molecule has 1 aromatic carbocycles. The summed E-state index contributed by atoms with van der Waals surface area (Å²) >= 11 is 0. The molecule has 1 fully saturated rings. The van der Waals surface area contributed by atoms with E-state index in [4.69, 9.17) is 4.74 Å². The summed E-state index contributed by atoms with van der Waals surface area (Å²) in [6.07, 6.45) is 1.11. The maximum atomic E-state index is 13.0. The number of benzene rings is 1. The minimum atomic E-state index is -0.333. The number of para-hydroxylation sites is 1. The van der Waals surface area contributed by atoms with Crippen LogP contribution in [0.4, 0.5) is 0 Å². The van der Waals surface area contributed by atoms with Crippen molar-refractivity contribution in [2.24, 2.45) is 11.8 Å². The number of rotatable bonds is 3. The smallest absolute Gasteiger partial charge is 0.278 e. The molecule has 0 spiro atoms. The fourth-order valence-electron chi connectivity index (χ4n) is 3.48. The van der Waals surface area contributed by atoms with Crippen molar-refractivity contribution in [1.29, 1.82) is 0 Å². The average Bonchev–Trinajstić information content (AvgIpc) is 2.60. The highest BCUT2D eigenvalue weighted by atomic mass is 16.5. The van der Waals surface area contributed by atoms with Crippen molar-refractivity contribution in [1.82, 2.24) is 14.7 Å². The maximum Gasteiger partial charge on any atom is 0.278 e. The molecule has 1 aliphatic rings. The molecule has 1 aliphatic heterocycles. The van der Waals surface area contributed by atoms with Gasteiger partial charge in [-0.1, -0.05) is 32.0 Å². The van der Waals surface area contributed by atoms with Gasteiger partial charge in [0, 0.05) is 13.1 Å². The van der Waals surface area contributed by atoms with Crippen LogP contribution in [0.3, 0.4) is 0 Å². The molecule has 0 saturated carbocycles. The average molecular weight is 341 g/mol. The highest BCUT2D eigenvalue weighted by molar-refractivity contribution is 5.94. The molecule has 0 bridgehead atoms.